The van der Waals surface area contributed by atoms with Crippen LogP contribution >= 0.6 is 22.6 Å². The minimum absolute atomic E-state index is 0.0806. The Morgan fingerprint density at radius 3 is 3.08 bits per heavy atom. The fraction of sp³-hybridized carbons (Fsp3) is 0.125. The molecule has 0 aromatic carbocycles. The molecule has 0 amide bonds. The molecule has 68 valence electrons. The lowest BCUT2D eigenvalue weighted by molar-refractivity contribution is -0.385. The van der Waals surface area contributed by atoms with Crippen molar-refractivity contribution in [2.45, 2.75) is 6.42 Å². The maximum Gasteiger partial charge on any atom is 0.291 e. The Labute approximate surface area is 89.0 Å². The van der Waals surface area contributed by atoms with E-state index in [0.29, 0.717) is 12.1 Å². The second-order valence-electron chi connectivity index (χ2n) is 2.29. The van der Waals surface area contributed by atoms with Crippen molar-refractivity contribution in [2.75, 3.05) is 0 Å². The number of allylic oxidation sites excluding steroid dienone is 1. The number of pyridine rings is 1. The molecule has 0 fully saturated rings. The zero-order valence-electron chi connectivity index (χ0n) is 6.68. The van der Waals surface area contributed by atoms with E-state index < -0.39 is 4.92 Å². The fourth-order valence-corrected chi connectivity index (χ4v) is 1.16. The van der Waals surface area contributed by atoms with Crippen LogP contribution in [0.2, 0.25) is 0 Å². The molecule has 0 aliphatic carbocycles. The highest BCUT2D eigenvalue weighted by molar-refractivity contribution is 14.1. The third-order valence-electron chi connectivity index (χ3n) is 1.46. The van der Waals surface area contributed by atoms with Crippen LogP contribution in [0.1, 0.15) is 5.69 Å². The number of aromatic nitrogens is 1. The van der Waals surface area contributed by atoms with Crippen LogP contribution in [0.4, 0.5) is 5.69 Å². The van der Waals surface area contributed by atoms with Crippen molar-refractivity contribution >= 4 is 28.3 Å². The van der Waals surface area contributed by atoms with E-state index in [9.17, 15) is 10.1 Å². The molecule has 1 aromatic rings. The minimum atomic E-state index is -0.413. The van der Waals surface area contributed by atoms with Gasteiger partial charge in [-0.15, -0.1) is 0 Å². The van der Waals surface area contributed by atoms with E-state index in [0.717, 1.165) is 0 Å². The quantitative estimate of drug-likeness (QED) is 0.488. The van der Waals surface area contributed by atoms with E-state index in [1.165, 1.54) is 6.07 Å². The lowest BCUT2D eigenvalue weighted by Gasteiger charge is -1.96. The van der Waals surface area contributed by atoms with Gasteiger partial charge in [0.25, 0.3) is 5.69 Å². The van der Waals surface area contributed by atoms with Gasteiger partial charge in [0, 0.05) is 18.7 Å². The fourth-order valence-electron chi connectivity index (χ4n) is 0.909. The second-order valence-corrected chi connectivity index (χ2v) is 3.01. The number of hydrogen-bond acceptors (Lipinski definition) is 3. The Morgan fingerprint density at radius 1 is 1.69 bits per heavy atom. The van der Waals surface area contributed by atoms with Gasteiger partial charge in [0.05, 0.1) is 4.92 Å². The highest BCUT2D eigenvalue weighted by atomic mass is 127. The second kappa shape index (κ2) is 4.90. The van der Waals surface area contributed by atoms with Gasteiger partial charge in [-0.3, -0.25) is 15.1 Å². The van der Waals surface area contributed by atoms with Crippen LogP contribution in [0.15, 0.2) is 28.5 Å². The van der Waals surface area contributed by atoms with Gasteiger partial charge < -0.3 is 0 Å². The van der Waals surface area contributed by atoms with Crippen molar-refractivity contribution in [3.8, 4) is 0 Å². The first kappa shape index (κ1) is 10.1. The lowest BCUT2D eigenvalue weighted by atomic mass is 10.2. The molecule has 0 saturated carbocycles. The van der Waals surface area contributed by atoms with Crippen LogP contribution in [0.3, 0.4) is 0 Å². The lowest BCUT2D eigenvalue weighted by Crippen LogP contribution is -1.96. The van der Waals surface area contributed by atoms with Crippen LogP contribution in [0.25, 0.3) is 0 Å². The zero-order chi connectivity index (χ0) is 9.68. The molecule has 0 atom stereocenters. The summed E-state index contributed by atoms with van der Waals surface area (Å²) < 4.78 is 1.82. The van der Waals surface area contributed by atoms with Gasteiger partial charge in [-0.2, -0.15) is 0 Å². The first-order valence-corrected chi connectivity index (χ1v) is 4.83. The normalized spacial score (nSPS) is 10.5. The summed E-state index contributed by atoms with van der Waals surface area (Å²) in [5, 5.41) is 10.5. The Kier molecular flexibility index (Phi) is 3.81. The third kappa shape index (κ3) is 2.76. The highest BCUT2D eigenvalue weighted by Crippen LogP contribution is 2.15. The summed E-state index contributed by atoms with van der Waals surface area (Å²) >= 11 is 2.07. The summed E-state index contributed by atoms with van der Waals surface area (Å²) in [5.74, 6) is 0. The molecule has 1 heterocycles. The van der Waals surface area contributed by atoms with Gasteiger partial charge in [0.15, 0.2) is 0 Å². The van der Waals surface area contributed by atoms with Crippen LogP contribution in [0.5, 0.6) is 0 Å². The molecule has 1 aromatic heterocycles. The number of nitrogens with zero attached hydrogens (tertiary/aromatic N) is 2. The standard InChI is InChI=1S/C8H7IN2O2/c9-5-1-3-7-8(11(12)13)4-2-6-10-7/h1-2,4-6H,3H2. The molecule has 1 rings (SSSR count). The van der Waals surface area contributed by atoms with Gasteiger partial charge >= 0.3 is 0 Å². The van der Waals surface area contributed by atoms with E-state index in [1.807, 2.05) is 10.2 Å². The number of nitro groups is 1. The SMILES string of the molecule is O=[N+]([O-])c1cccnc1CC=CI. The monoisotopic (exact) mass is 290 g/mol. The van der Waals surface area contributed by atoms with Crippen molar-refractivity contribution in [1.29, 1.82) is 0 Å². The number of halogens is 1. The maximum absolute atomic E-state index is 10.5. The van der Waals surface area contributed by atoms with Crippen molar-refractivity contribution in [1.82, 2.24) is 4.98 Å². The van der Waals surface area contributed by atoms with Gasteiger partial charge in [0.2, 0.25) is 0 Å². The Hall–Kier alpha value is -0.980. The first-order chi connectivity index (χ1) is 6.25. The molecule has 0 N–H and O–H groups in total. The van der Waals surface area contributed by atoms with Crippen molar-refractivity contribution < 1.29 is 4.92 Å². The average molecular weight is 290 g/mol. The van der Waals surface area contributed by atoms with Gasteiger partial charge in [-0.05, 0) is 10.1 Å². The Bertz CT molecular complexity index is 339. The summed E-state index contributed by atoms with van der Waals surface area (Å²) in [4.78, 5) is 14.1. The Balaban J connectivity index is 2.97. The summed E-state index contributed by atoms with van der Waals surface area (Å²) in [6, 6.07) is 3.03. The number of hydrogen-bond donors (Lipinski definition) is 0. The van der Waals surface area contributed by atoms with Gasteiger partial charge in [-0.1, -0.05) is 28.7 Å². The smallest absolute Gasteiger partial charge is 0.258 e. The highest BCUT2D eigenvalue weighted by Gasteiger charge is 2.11. The predicted molar refractivity (Wildman–Crippen MR) is 57.8 cm³/mol. The summed E-state index contributed by atoms with van der Waals surface area (Å²) in [6.07, 6.45) is 3.89. The first-order valence-electron chi connectivity index (χ1n) is 3.59. The molecule has 0 bridgehead atoms. The van der Waals surface area contributed by atoms with E-state index in [4.69, 9.17) is 0 Å². The molecule has 13 heavy (non-hydrogen) atoms. The van der Waals surface area contributed by atoms with Crippen molar-refractivity contribution in [3.63, 3.8) is 0 Å². The average Bonchev–Trinajstić information content (AvgIpc) is 2.15. The molecule has 0 aliphatic rings. The summed E-state index contributed by atoms with van der Waals surface area (Å²) in [6.45, 7) is 0. The van der Waals surface area contributed by atoms with Gasteiger partial charge in [-0.25, -0.2) is 0 Å². The minimum Gasteiger partial charge on any atom is -0.258 e. The molecular weight excluding hydrogens is 283 g/mol. The molecular formula is C8H7IN2O2. The van der Waals surface area contributed by atoms with Crippen LogP contribution in [-0.4, -0.2) is 9.91 Å². The van der Waals surface area contributed by atoms with Gasteiger partial charge in [0.1, 0.15) is 5.69 Å². The Morgan fingerprint density at radius 2 is 2.46 bits per heavy atom. The van der Waals surface area contributed by atoms with E-state index >= 15 is 0 Å². The topological polar surface area (TPSA) is 56.0 Å². The predicted octanol–water partition coefficient (Wildman–Crippen LogP) is 2.48. The summed E-state index contributed by atoms with van der Waals surface area (Å²) in [7, 11) is 0. The molecule has 4 nitrogen and oxygen atoms in total. The zero-order valence-corrected chi connectivity index (χ0v) is 8.84. The molecule has 0 aliphatic heterocycles. The van der Waals surface area contributed by atoms with Crippen LogP contribution < -0.4 is 0 Å². The molecule has 0 spiro atoms. The third-order valence-corrected chi connectivity index (χ3v) is 1.97. The number of rotatable bonds is 3. The molecule has 5 heteroatoms. The van der Waals surface area contributed by atoms with Crippen molar-refractivity contribution in [2.24, 2.45) is 0 Å². The van der Waals surface area contributed by atoms with E-state index in [1.54, 1.807) is 12.3 Å². The molecule has 0 saturated heterocycles. The summed E-state index contributed by atoms with van der Waals surface area (Å²) in [5.41, 5.74) is 0.581. The van der Waals surface area contributed by atoms with E-state index in [-0.39, 0.29) is 5.69 Å². The van der Waals surface area contributed by atoms with Crippen LogP contribution in [0, 0.1) is 10.1 Å². The maximum atomic E-state index is 10.5. The molecule has 0 radical (unpaired) electrons. The van der Waals surface area contributed by atoms with Crippen molar-refractivity contribution in [3.05, 3.63) is 44.3 Å². The largest absolute Gasteiger partial charge is 0.291 e. The van der Waals surface area contributed by atoms with Crippen LogP contribution in [-0.2, 0) is 6.42 Å². The molecule has 0 unspecified atom stereocenters. The van der Waals surface area contributed by atoms with E-state index in [2.05, 4.69) is 27.6 Å².